The Morgan fingerprint density at radius 1 is 0.903 bits per heavy atom. The fraction of sp³-hybridized carbons (Fsp3) is 0.296. The van der Waals surface area contributed by atoms with Crippen molar-refractivity contribution in [2.45, 2.75) is 33.9 Å². The largest absolute Gasteiger partial charge is 0.385 e. The minimum absolute atomic E-state index is 0.521. The van der Waals surface area contributed by atoms with Crippen molar-refractivity contribution in [2.24, 2.45) is 4.99 Å². The van der Waals surface area contributed by atoms with Crippen molar-refractivity contribution in [3.63, 3.8) is 0 Å². The van der Waals surface area contributed by atoms with Gasteiger partial charge in [-0.15, -0.1) is 0 Å². The summed E-state index contributed by atoms with van der Waals surface area (Å²) >= 11 is 0. The molecule has 162 valence electrons. The molecule has 3 rings (SSSR count). The van der Waals surface area contributed by atoms with E-state index in [4.69, 9.17) is 0 Å². The van der Waals surface area contributed by atoms with E-state index in [2.05, 4.69) is 90.1 Å². The van der Waals surface area contributed by atoms with Gasteiger partial charge in [0.15, 0.2) is 0 Å². The number of aliphatic imine (C=N–C) groups is 1. The van der Waals surface area contributed by atoms with Gasteiger partial charge in [0.05, 0.1) is 5.71 Å². The molecule has 0 heterocycles. The number of nitrogens with one attached hydrogen (secondary N) is 1. The molecule has 31 heavy (non-hydrogen) atoms. The Bertz CT molecular complexity index is 962. The SMILES string of the molecule is CCN=C1C=CC(=C(c2ccc(NCC)cc2)c2ccc(N(CC)C(C)O)cc2)C=C1. The highest BCUT2D eigenvalue weighted by atomic mass is 16.3. The van der Waals surface area contributed by atoms with E-state index in [1.807, 2.05) is 18.7 Å². The zero-order chi connectivity index (χ0) is 22.2. The van der Waals surface area contributed by atoms with Crippen molar-refractivity contribution in [1.29, 1.82) is 0 Å². The first-order valence-corrected chi connectivity index (χ1v) is 11.1. The third-order valence-electron chi connectivity index (χ3n) is 5.33. The van der Waals surface area contributed by atoms with Gasteiger partial charge in [-0.1, -0.05) is 36.4 Å². The third-order valence-corrected chi connectivity index (χ3v) is 5.33. The van der Waals surface area contributed by atoms with Crippen LogP contribution in [0.1, 0.15) is 38.8 Å². The first-order chi connectivity index (χ1) is 15.1. The van der Waals surface area contributed by atoms with E-state index in [0.29, 0.717) is 0 Å². The average molecular weight is 416 g/mol. The van der Waals surface area contributed by atoms with Crippen LogP contribution in [0.2, 0.25) is 0 Å². The highest BCUT2D eigenvalue weighted by molar-refractivity contribution is 6.07. The van der Waals surface area contributed by atoms with Gasteiger partial charge in [-0.05, 0) is 86.4 Å². The first kappa shape index (κ1) is 22.6. The van der Waals surface area contributed by atoms with Crippen LogP contribution in [0.3, 0.4) is 0 Å². The number of aliphatic hydroxyl groups excluding tert-OH is 1. The van der Waals surface area contributed by atoms with E-state index >= 15 is 0 Å². The number of anilines is 2. The lowest BCUT2D eigenvalue weighted by molar-refractivity contribution is 0.190. The van der Waals surface area contributed by atoms with Gasteiger partial charge in [-0.3, -0.25) is 4.99 Å². The second kappa shape index (κ2) is 10.8. The van der Waals surface area contributed by atoms with Crippen molar-refractivity contribution >= 4 is 22.7 Å². The standard InChI is InChI=1S/C27H33N3O/c1-5-28-24-14-8-21(9-15-24)27(22-10-16-25(17-11-22)29-6-2)23-12-18-26(19-13-23)30(7-3)20(4)31/h8-20,28,31H,5-7H2,1-4H3. The van der Waals surface area contributed by atoms with Crippen LogP contribution in [0.4, 0.5) is 11.4 Å². The summed E-state index contributed by atoms with van der Waals surface area (Å²) in [5, 5.41) is 13.4. The Kier molecular flexibility index (Phi) is 7.85. The lowest BCUT2D eigenvalue weighted by atomic mass is 9.90. The van der Waals surface area contributed by atoms with E-state index in [-0.39, 0.29) is 0 Å². The third kappa shape index (κ3) is 5.53. The van der Waals surface area contributed by atoms with Crippen molar-refractivity contribution < 1.29 is 5.11 Å². The summed E-state index contributed by atoms with van der Waals surface area (Å²) in [4.78, 5) is 6.46. The summed E-state index contributed by atoms with van der Waals surface area (Å²) in [6.07, 6.45) is 7.92. The van der Waals surface area contributed by atoms with Crippen LogP contribution in [0.15, 0.2) is 83.4 Å². The number of hydrogen-bond donors (Lipinski definition) is 2. The van der Waals surface area contributed by atoms with Crippen LogP contribution >= 0.6 is 0 Å². The average Bonchev–Trinajstić information content (AvgIpc) is 2.78. The number of nitrogens with zero attached hydrogens (tertiary/aromatic N) is 2. The normalized spacial score (nSPS) is 13.8. The van der Waals surface area contributed by atoms with E-state index in [1.54, 1.807) is 6.92 Å². The Labute approximate surface area is 186 Å². The molecule has 1 aliphatic carbocycles. The molecule has 0 aromatic heterocycles. The van der Waals surface area contributed by atoms with Crippen molar-refractivity contribution in [1.82, 2.24) is 0 Å². The molecule has 4 heteroatoms. The molecule has 1 aliphatic rings. The predicted molar refractivity (Wildman–Crippen MR) is 134 cm³/mol. The Morgan fingerprint density at radius 3 is 1.97 bits per heavy atom. The van der Waals surface area contributed by atoms with Crippen LogP contribution in [-0.4, -0.2) is 36.7 Å². The van der Waals surface area contributed by atoms with Crippen LogP contribution in [0.5, 0.6) is 0 Å². The molecule has 0 radical (unpaired) electrons. The fourth-order valence-corrected chi connectivity index (χ4v) is 3.86. The van der Waals surface area contributed by atoms with Crippen molar-refractivity contribution in [2.75, 3.05) is 29.9 Å². The maximum Gasteiger partial charge on any atom is 0.124 e. The molecule has 0 spiro atoms. The summed E-state index contributed by atoms with van der Waals surface area (Å²) in [5.74, 6) is 0. The molecular weight excluding hydrogens is 382 g/mol. The molecular formula is C27H33N3O. The smallest absolute Gasteiger partial charge is 0.124 e. The Hall–Kier alpha value is -3.11. The number of benzene rings is 2. The van der Waals surface area contributed by atoms with Gasteiger partial charge >= 0.3 is 0 Å². The zero-order valence-corrected chi connectivity index (χ0v) is 19.0. The summed E-state index contributed by atoms with van der Waals surface area (Å²) in [7, 11) is 0. The number of allylic oxidation sites excluding steroid dienone is 5. The van der Waals surface area contributed by atoms with Gasteiger partial charge in [0.25, 0.3) is 0 Å². The minimum atomic E-state index is -0.521. The number of hydrogen-bond acceptors (Lipinski definition) is 4. The molecule has 1 unspecified atom stereocenters. The number of aliphatic hydroxyl groups is 1. The zero-order valence-electron chi connectivity index (χ0n) is 19.0. The van der Waals surface area contributed by atoms with Gasteiger partial charge < -0.3 is 15.3 Å². The van der Waals surface area contributed by atoms with E-state index in [0.717, 1.165) is 53.4 Å². The minimum Gasteiger partial charge on any atom is -0.385 e. The predicted octanol–water partition coefficient (Wildman–Crippen LogP) is 5.67. The van der Waals surface area contributed by atoms with E-state index in [1.165, 1.54) is 5.57 Å². The van der Waals surface area contributed by atoms with Gasteiger partial charge in [0, 0.05) is 31.0 Å². The van der Waals surface area contributed by atoms with Gasteiger partial charge in [-0.2, -0.15) is 0 Å². The van der Waals surface area contributed by atoms with Crippen LogP contribution in [0.25, 0.3) is 5.57 Å². The van der Waals surface area contributed by atoms with Crippen LogP contribution < -0.4 is 10.2 Å². The molecule has 4 nitrogen and oxygen atoms in total. The molecule has 2 aromatic rings. The quantitative estimate of drug-likeness (QED) is 0.546. The summed E-state index contributed by atoms with van der Waals surface area (Å²) < 4.78 is 0. The maximum atomic E-state index is 10.0. The lowest BCUT2D eigenvalue weighted by Crippen LogP contribution is -2.32. The second-order valence-electron chi connectivity index (χ2n) is 7.47. The second-order valence-corrected chi connectivity index (χ2v) is 7.47. The number of rotatable bonds is 8. The summed E-state index contributed by atoms with van der Waals surface area (Å²) in [5.41, 5.74) is 7.77. The van der Waals surface area contributed by atoms with E-state index < -0.39 is 6.23 Å². The molecule has 2 aromatic carbocycles. The topological polar surface area (TPSA) is 47.9 Å². The van der Waals surface area contributed by atoms with Gasteiger partial charge in [-0.25, -0.2) is 0 Å². The Balaban J connectivity index is 2.05. The highest BCUT2D eigenvalue weighted by Crippen LogP contribution is 2.32. The van der Waals surface area contributed by atoms with Gasteiger partial charge in [0.1, 0.15) is 6.23 Å². The molecule has 0 aliphatic heterocycles. The van der Waals surface area contributed by atoms with Gasteiger partial charge in [0.2, 0.25) is 0 Å². The summed E-state index contributed by atoms with van der Waals surface area (Å²) in [6, 6.07) is 17.0. The maximum absolute atomic E-state index is 10.0. The van der Waals surface area contributed by atoms with Crippen molar-refractivity contribution in [3.05, 3.63) is 89.5 Å². The fourth-order valence-electron chi connectivity index (χ4n) is 3.86. The lowest BCUT2D eigenvalue weighted by Gasteiger charge is -2.26. The van der Waals surface area contributed by atoms with Crippen molar-refractivity contribution in [3.8, 4) is 0 Å². The molecule has 0 saturated heterocycles. The first-order valence-electron chi connectivity index (χ1n) is 11.1. The van der Waals surface area contributed by atoms with E-state index in [9.17, 15) is 5.11 Å². The summed E-state index contributed by atoms with van der Waals surface area (Å²) in [6.45, 7) is 10.4. The molecule has 0 fully saturated rings. The van der Waals surface area contributed by atoms with Crippen LogP contribution in [0, 0.1) is 0 Å². The molecule has 1 atom stereocenters. The molecule has 0 bridgehead atoms. The Morgan fingerprint density at radius 2 is 1.48 bits per heavy atom. The monoisotopic (exact) mass is 415 g/mol. The highest BCUT2D eigenvalue weighted by Gasteiger charge is 2.14. The van der Waals surface area contributed by atoms with Crippen LogP contribution in [-0.2, 0) is 0 Å². The molecule has 0 amide bonds. The molecule has 0 saturated carbocycles. The molecule has 2 N–H and O–H groups in total.